The second-order valence-corrected chi connectivity index (χ2v) is 11.9. The third-order valence-electron chi connectivity index (χ3n) is 8.99. The molecule has 0 bridgehead atoms. The largest absolute Gasteiger partial charge is 0.497 e. The van der Waals surface area contributed by atoms with Crippen molar-refractivity contribution in [3.05, 3.63) is 40.4 Å². The van der Waals surface area contributed by atoms with Crippen LogP contribution in [-0.2, 0) is 11.2 Å². The van der Waals surface area contributed by atoms with Gasteiger partial charge >= 0.3 is 0 Å². The van der Waals surface area contributed by atoms with Crippen molar-refractivity contribution in [2.45, 2.75) is 70.3 Å². The molecule has 6 atom stereocenters. The summed E-state index contributed by atoms with van der Waals surface area (Å²) in [4.78, 5) is 18.0. The molecule has 0 aliphatic heterocycles. The normalized spacial score (nSPS) is 33.9. The number of carbonyl (C=O) groups is 1. The molecule has 2 N–H and O–H groups in total. The minimum atomic E-state index is -1.34. The molecule has 1 amide bonds. The van der Waals surface area contributed by atoms with E-state index in [0.717, 1.165) is 36.3 Å². The smallest absolute Gasteiger partial charge is 0.226 e. The number of aryl methyl sites for hydroxylation is 2. The maximum absolute atomic E-state index is 12.7. The standard InChI is InChI=1S/C27H33N3O3S/c1-16-14-29-25(34-16)30-23(31)9-5-18-13-27(32,15-28)26(2)11-10-21-20-8-6-19(33-3)12-17(20)4-7-22(21)24(18)26/h6,8,12,14,18,21-22,24,32H,4-5,7,9-11,13H2,1-3H3,(H,29,30,31)/t18-,21?,22?,24?,26+,27-/m1/s1. The van der Waals surface area contributed by atoms with E-state index in [2.05, 4.69) is 41.5 Å². The van der Waals surface area contributed by atoms with Crippen molar-refractivity contribution in [2.75, 3.05) is 12.4 Å². The number of rotatable bonds is 5. The van der Waals surface area contributed by atoms with Gasteiger partial charge in [0.1, 0.15) is 5.75 Å². The van der Waals surface area contributed by atoms with Gasteiger partial charge in [-0.15, -0.1) is 11.3 Å². The first-order valence-electron chi connectivity index (χ1n) is 12.3. The lowest BCUT2D eigenvalue weighted by Gasteiger charge is -2.52. The number of nitrogens with zero attached hydrogens (tertiary/aromatic N) is 2. The highest BCUT2D eigenvalue weighted by Gasteiger charge is 2.65. The molecule has 2 saturated carbocycles. The Morgan fingerprint density at radius 1 is 1.41 bits per heavy atom. The molecular weight excluding hydrogens is 446 g/mol. The van der Waals surface area contributed by atoms with Crippen LogP contribution >= 0.6 is 11.3 Å². The van der Waals surface area contributed by atoms with Gasteiger partial charge in [-0.3, -0.25) is 4.79 Å². The number of fused-ring (bicyclic) bond motifs is 5. The van der Waals surface area contributed by atoms with E-state index in [0.29, 0.717) is 36.2 Å². The predicted molar refractivity (Wildman–Crippen MR) is 132 cm³/mol. The molecule has 2 fully saturated rings. The van der Waals surface area contributed by atoms with E-state index in [1.165, 1.54) is 22.5 Å². The zero-order chi connectivity index (χ0) is 24.1. The van der Waals surface area contributed by atoms with E-state index in [1.54, 1.807) is 13.3 Å². The number of anilines is 1. The van der Waals surface area contributed by atoms with Gasteiger partial charge in [0.2, 0.25) is 5.91 Å². The summed E-state index contributed by atoms with van der Waals surface area (Å²) in [7, 11) is 1.71. The second kappa shape index (κ2) is 8.66. The average Bonchev–Trinajstić information content (AvgIpc) is 3.34. The van der Waals surface area contributed by atoms with Crippen LogP contribution in [0.2, 0.25) is 0 Å². The first kappa shape index (κ1) is 23.3. The molecule has 34 heavy (non-hydrogen) atoms. The fraction of sp³-hybridized carbons (Fsp3) is 0.593. The third-order valence-corrected chi connectivity index (χ3v) is 9.82. The van der Waals surface area contributed by atoms with Crippen LogP contribution in [0.25, 0.3) is 0 Å². The number of amides is 1. The Hall–Kier alpha value is -2.43. The summed E-state index contributed by atoms with van der Waals surface area (Å²) in [6, 6.07) is 8.74. The summed E-state index contributed by atoms with van der Waals surface area (Å²) < 4.78 is 5.45. The van der Waals surface area contributed by atoms with Gasteiger partial charge in [0.15, 0.2) is 10.7 Å². The molecule has 1 heterocycles. The molecule has 7 heteroatoms. The fourth-order valence-corrected chi connectivity index (χ4v) is 8.07. The summed E-state index contributed by atoms with van der Waals surface area (Å²) in [6.07, 6.45) is 7.12. The molecule has 0 radical (unpaired) electrons. The summed E-state index contributed by atoms with van der Waals surface area (Å²) >= 11 is 1.47. The Labute approximate surface area is 205 Å². The van der Waals surface area contributed by atoms with E-state index in [9.17, 15) is 15.2 Å². The highest BCUT2D eigenvalue weighted by atomic mass is 32.1. The van der Waals surface area contributed by atoms with Gasteiger partial charge in [0.05, 0.1) is 13.2 Å². The van der Waals surface area contributed by atoms with Gasteiger partial charge in [0, 0.05) is 22.9 Å². The Balaban J connectivity index is 1.38. The van der Waals surface area contributed by atoms with Crippen LogP contribution in [0.1, 0.15) is 67.4 Å². The first-order valence-corrected chi connectivity index (χ1v) is 13.1. The SMILES string of the molecule is COc1ccc2c(c1)CCC1C2CC[C@@]2(C)C1[C@H](CCC(=O)Nc1ncc(C)s1)C[C@@]2(O)C#N. The van der Waals surface area contributed by atoms with Crippen molar-refractivity contribution >= 4 is 22.4 Å². The average molecular weight is 480 g/mol. The van der Waals surface area contributed by atoms with Crippen molar-refractivity contribution in [3.63, 3.8) is 0 Å². The quantitative estimate of drug-likeness (QED) is 0.574. The minimum absolute atomic E-state index is 0.0445. The maximum atomic E-state index is 12.7. The zero-order valence-electron chi connectivity index (χ0n) is 20.1. The number of nitriles is 1. The molecule has 180 valence electrons. The molecule has 1 aromatic carbocycles. The van der Waals surface area contributed by atoms with Crippen LogP contribution < -0.4 is 10.1 Å². The fourth-order valence-electron chi connectivity index (χ4n) is 7.39. The number of aliphatic hydroxyl groups is 1. The van der Waals surface area contributed by atoms with Crippen LogP contribution in [0.4, 0.5) is 5.13 Å². The highest BCUT2D eigenvalue weighted by molar-refractivity contribution is 7.15. The Kier molecular flexibility index (Phi) is 5.94. The third kappa shape index (κ3) is 3.72. The molecule has 0 saturated heterocycles. The number of thiazole rings is 1. The Bertz CT molecular complexity index is 1140. The number of aromatic nitrogens is 1. The van der Waals surface area contributed by atoms with Crippen molar-refractivity contribution in [1.82, 2.24) is 4.98 Å². The number of hydrogen-bond acceptors (Lipinski definition) is 6. The lowest BCUT2D eigenvalue weighted by Crippen LogP contribution is -2.50. The number of carbonyl (C=O) groups excluding carboxylic acids is 1. The van der Waals surface area contributed by atoms with Gasteiger partial charge in [-0.1, -0.05) is 13.0 Å². The van der Waals surface area contributed by atoms with Crippen molar-refractivity contribution in [1.29, 1.82) is 5.26 Å². The van der Waals surface area contributed by atoms with Crippen molar-refractivity contribution in [2.24, 2.45) is 23.2 Å². The van der Waals surface area contributed by atoms with Crippen LogP contribution in [-0.4, -0.2) is 28.7 Å². The Morgan fingerprint density at radius 2 is 2.24 bits per heavy atom. The summed E-state index contributed by atoms with van der Waals surface area (Å²) in [5.74, 6) is 2.07. The molecule has 5 rings (SSSR count). The van der Waals surface area contributed by atoms with Crippen LogP contribution in [0.5, 0.6) is 5.75 Å². The van der Waals surface area contributed by atoms with Gasteiger partial charge in [-0.05, 0) is 92.4 Å². The highest BCUT2D eigenvalue weighted by Crippen LogP contribution is 2.66. The topological polar surface area (TPSA) is 95.2 Å². The maximum Gasteiger partial charge on any atom is 0.226 e. The van der Waals surface area contributed by atoms with Gasteiger partial charge in [-0.25, -0.2) is 4.98 Å². The number of hydrogen-bond donors (Lipinski definition) is 2. The summed E-state index contributed by atoms with van der Waals surface area (Å²) in [5, 5.41) is 25.1. The van der Waals surface area contributed by atoms with Crippen molar-refractivity contribution in [3.8, 4) is 11.8 Å². The lowest BCUT2D eigenvalue weighted by atomic mass is 9.52. The van der Waals surface area contributed by atoms with E-state index in [1.807, 2.05) is 6.92 Å². The minimum Gasteiger partial charge on any atom is -0.497 e. The molecule has 3 aliphatic carbocycles. The monoisotopic (exact) mass is 479 g/mol. The van der Waals surface area contributed by atoms with Crippen LogP contribution in [0.15, 0.2) is 24.4 Å². The zero-order valence-corrected chi connectivity index (χ0v) is 21.0. The number of ether oxygens (including phenoxy) is 1. The molecule has 1 aromatic heterocycles. The van der Waals surface area contributed by atoms with Gasteiger partial charge < -0.3 is 15.2 Å². The molecular formula is C27H33N3O3S. The Morgan fingerprint density at radius 3 is 2.94 bits per heavy atom. The first-order chi connectivity index (χ1) is 16.3. The summed E-state index contributed by atoms with van der Waals surface area (Å²) in [6.45, 7) is 4.09. The second-order valence-electron chi connectivity index (χ2n) is 10.7. The van der Waals surface area contributed by atoms with E-state index < -0.39 is 11.0 Å². The lowest BCUT2D eigenvalue weighted by molar-refractivity contribution is -0.116. The number of methoxy groups -OCH3 is 1. The van der Waals surface area contributed by atoms with E-state index in [4.69, 9.17) is 4.74 Å². The van der Waals surface area contributed by atoms with Gasteiger partial charge in [0.25, 0.3) is 0 Å². The number of nitrogens with one attached hydrogen (secondary N) is 1. The molecule has 3 aliphatic rings. The van der Waals surface area contributed by atoms with Crippen molar-refractivity contribution < 1.29 is 14.6 Å². The van der Waals surface area contributed by atoms with E-state index >= 15 is 0 Å². The van der Waals surface area contributed by atoms with Crippen LogP contribution in [0.3, 0.4) is 0 Å². The van der Waals surface area contributed by atoms with E-state index in [-0.39, 0.29) is 17.7 Å². The molecule has 3 unspecified atom stereocenters. The molecule has 2 aromatic rings. The van der Waals surface area contributed by atoms with Crippen LogP contribution in [0, 0.1) is 41.4 Å². The predicted octanol–water partition coefficient (Wildman–Crippen LogP) is 5.22. The van der Waals surface area contributed by atoms with Gasteiger partial charge in [-0.2, -0.15) is 5.26 Å². The number of benzene rings is 1. The molecule has 6 nitrogen and oxygen atoms in total. The summed E-state index contributed by atoms with van der Waals surface area (Å²) in [5.41, 5.74) is 0.992. The molecule has 0 spiro atoms.